The van der Waals surface area contributed by atoms with Crippen LogP contribution < -0.4 is 5.32 Å². The molecule has 0 saturated carbocycles. The lowest BCUT2D eigenvalue weighted by Gasteiger charge is -2.20. The van der Waals surface area contributed by atoms with E-state index in [-0.39, 0.29) is 5.88 Å². The average molecular weight is 302 g/mol. The van der Waals surface area contributed by atoms with E-state index in [4.69, 9.17) is 16.3 Å². The van der Waals surface area contributed by atoms with E-state index in [1.165, 1.54) is 0 Å². The molecular formula is C14H20ClNO4. The number of aliphatic hydroxyl groups is 2. The fourth-order valence-corrected chi connectivity index (χ4v) is 1.70. The molecule has 0 heterocycles. The third-order valence-corrected chi connectivity index (χ3v) is 2.71. The Morgan fingerprint density at radius 3 is 2.60 bits per heavy atom. The van der Waals surface area contributed by atoms with Crippen LogP contribution in [0.5, 0.6) is 0 Å². The number of carbonyl (C=O) groups is 1. The molecule has 112 valence electrons. The van der Waals surface area contributed by atoms with Gasteiger partial charge in [0.25, 0.3) is 0 Å². The normalized spacial score (nSPS) is 14.5. The van der Waals surface area contributed by atoms with Crippen molar-refractivity contribution in [2.24, 2.45) is 0 Å². The monoisotopic (exact) mass is 301 g/mol. The number of hydrogen-bond donors (Lipinski definition) is 3. The molecule has 0 radical (unpaired) electrons. The molecule has 6 heteroatoms. The Morgan fingerprint density at radius 2 is 2.05 bits per heavy atom. The van der Waals surface area contributed by atoms with Gasteiger partial charge in [0.2, 0.25) is 0 Å². The van der Waals surface area contributed by atoms with Crippen LogP contribution in [0.1, 0.15) is 32.4 Å². The molecular weight excluding hydrogens is 282 g/mol. The molecule has 0 aliphatic heterocycles. The Hall–Kier alpha value is -1.30. The third kappa shape index (κ3) is 5.36. The Balaban J connectivity index is 2.76. The van der Waals surface area contributed by atoms with Gasteiger partial charge in [-0.15, -0.1) is 11.6 Å². The molecule has 0 saturated heterocycles. The first-order chi connectivity index (χ1) is 9.23. The number of halogens is 1. The van der Waals surface area contributed by atoms with E-state index >= 15 is 0 Å². The predicted molar refractivity (Wildman–Crippen MR) is 78.0 cm³/mol. The van der Waals surface area contributed by atoms with Crippen LogP contribution in [-0.2, 0) is 4.74 Å². The molecule has 0 aliphatic rings. The smallest absolute Gasteiger partial charge is 0.412 e. The van der Waals surface area contributed by atoms with Gasteiger partial charge in [-0.05, 0) is 38.5 Å². The highest BCUT2D eigenvalue weighted by atomic mass is 35.5. The first kappa shape index (κ1) is 16.8. The quantitative estimate of drug-likeness (QED) is 0.747. The zero-order chi connectivity index (χ0) is 15.3. The van der Waals surface area contributed by atoms with Crippen molar-refractivity contribution in [3.8, 4) is 0 Å². The standard InChI is InChI=1S/C14H20ClNO4/c1-14(2,3)20-13(19)16-10-6-4-5-9(7-10)12(18)11(17)8-15/h4-7,11-12,17-18H,8H2,1-3H3,(H,16,19). The summed E-state index contributed by atoms with van der Waals surface area (Å²) >= 11 is 5.49. The number of aliphatic hydroxyl groups excluding tert-OH is 2. The number of amides is 1. The molecule has 2 unspecified atom stereocenters. The summed E-state index contributed by atoms with van der Waals surface area (Å²) in [7, 11) is 0. The summed E-state index contributed by atoms with van der Waals surface area (Å²) in [5.74, 6) is -0.0785. The highest BCUT2D eigenvalue weighted by Crippen LogP contribution is 2.21. The van der Waals surface area contributed by atoms with Crippen LogP contribution in [0.3, 0.4) is 0 Å². The van der Waals surface area contributed by atoms with Gasteiger partial charge < -0.3 is 14.9 Å². The fraction of sp³-hybridized carbons (Fsp3) is 0.500. The van der Waals surface area contributed by atoms with E-state index in [1.54, 1.807) is 45.0 Å². The Kier molecular flexibility index (Phi) is 5.80. The van der Waals surface area contributed by atoms with Gasteiger partial charge in [-0.2, -0.15) is 0 Å². The highest BCUT2D eigenvalue weighted by Gasteiger charge is 2.19. The third-order valence-electron chi connectivity index (χ3n) is 2.40. The molecule has 0 spiro atoms. The number of rotatable bonds is 4. The van der Waals surface area contributed by atoms with Crippen LogP contribution in [0.25, 0.3) is 0 Å². The van der Waals surface area contributed by atoms with Crippen molar-refractivity contribution in [2.75, 3.05) is 11.2 Å². The van der Waals surface area contributed by atoms with Gasteiger partial charge in [-0.3, -0.25) is 5.32 Å². The number of ether oxygens (including phenoxy) is 1. The lowest BCUT2D eigenvalue weighted by Crippen LogP contribution is -2.27. The maximum Gasteiger partial charge on any atom is 0.412 e. The van der Waals surface area contributed by atoms with Gasteiger partial charge in [-0.25, -0.2) is 4.79 Å². The summed E-state index contributed by atoms with van der Waals surface area (Å²) in [6.45, 7) is 5.30. The molecule has 0 fully saturated rings. The van der Waals surface area contributed by atoms with Gasteiger partial charge in [0.15, 0.2) is 0 Å². The Labute approximate surface area is 123 Å². The summed E-state index contributed by atoms with van der Waals surface area (Å²) in [4.78, 5) is 11.6. The molecule has 5 nitrogen and oxygen atoms in total. The van der Waals surface area contributed by atoms with Crippen LogP contribution in [-0.4, -0.2) is 33.9 Å². The summed E-state index contributed by atoms with van der Waals surface area (Å²) in [6.07, 6.45) is -2.75. The van der Waals surface area contributed by atoms with Crippen LogP contribution in [0.15, 0.2) is 24.3 Å². The predicted octanol–water partition coefficient (Wildman–Crippen LogP) is 2.67. The second-order valence-electron chi connectivity index (χ2n) is 5.42. The van der Waals surface area contributed by atoms with Crippen molar-refractivity contribution >= 4 is 23.4 Å². The number of alkyl halides is 1. The largest absolute Gasteiger partial charge is 0.444 e. The molecule has 1 amide bonds. The minimum atomic E-state index is -1.10. The summed E-state index contributed by atoms with van der Waals surface area (Å²) < 4.78 is 5.13. The number of anilines is 1. The molecule has 0 bridgehead atoms. The zero-order valence-electron chi connectivity index (χ0n) is 11.8. The van der Waals surface area contributed by atoms with Crippen LogP contribution >= 0.6 is 11.6 Å². The molecule has 0 aliphatic carbocycles. The molecule has 1 aromatic rings. The van der Waals surface area contributed by atoms with Crippen LogP contribution in [0, 0.1) is 0 Å². The van der Waals surface area contributed by atoms with E-state index in [9.17, 15) is 15.0 Å². The van der Waals surface area contributed by atoms with E-state index < -0.39 is 23.9 Å². The minimum absolute atomic E-state index is 0.0785. The number of nitrogens with one attached hydrogen (secondary N) is 1. The molecule has 1 aromatic carbocycles. The molecule has 20 heavy (non-hydrogen) atoms. The van der Waals surface area contributed by atoms with Crippen molar-refractivity contribution in [3.63, 3.8) is 0 Å². The van der Waals surface area contributed by atoms with Gasteiger partial charge >= 0.3 is 6.09 Å². The summed E-state index contributed by atoms with van der Waals surface area (Å²) in [5.41, 5.74) is 0.347. The Bertz CT molecular complexity index is 459. The molecule has 3 N–H and O–H groups in total. The van der Waals surface area contributed by atoms with Crippen molar-refractivity contribution in [1.29, 1.82) is 0 Å². The second kappa shape index (κ2) is 6.92. The van der Waals surface area contributed by atoms with Crippen molar-refractivity contribution < 1.29 is 19.7 Å². The number of hydrogen-bond acceptors (Lipinski definition) is 4. The van der Waals surface area contributed by atoms with E-state index in [2.05, 4.69) is 5.32 Å². The van der Waals surface area contributed by atoms with Crippen molar-refractivity contribution in [1.82, 2.24) is 0 Å². The SMILES string of the molecule is CC(C)(C)OC(=O)Nc1cccc(C(O)C(O)CCl)c1. The lowest BCUT2D eigenvalue weighted by atomic mass is 10.0. The molecule has 0 aromatic heterocycles. The van der Waals surface area contributed by atoms with E-state index in [0.29, 0.717) is 11.3 Å². The van der Waals surface area contributed by atoms with Gasteiger partial charge in [0.1, 0.15) is 11.7 Å². The van der Waals surface area contributed by atoms with Gasteiger partial charge in [-0.1, -0.05) is 12.1 Å². The van der Waals surface area contributed by atoms with E-state index in [1.807, 2.05) is 0 Å². The molecule has 1 rings (SSSR count). The van der Waals surface area contributed by atoms with Crippen molar-refractivity contribution in [2.45, 2.75) is 38.6 Å². The van der Waals surface area contributed by atoms with Crippen molar-refractivity contribution in [3.05, 3.63) is 29.8 Å². The highest BCUT2D eigenvalue weighted by molar-refractivity contribution is 6.18. The first-order valence-corrected chi connectivity index (χ1v) is 6.78. The number of carbonyl (C=O) groups excluding carboxylic acids is 1. The topological polar surface area (TPSA) is 78.8 Å². The summed E-state index contributed by atoms with van der Waals surface area (Å²) in [6, 6.07) is 6.52. The van der Waals surface area contributed by atoms with Crippen LogP contribution in [0.2, 0.25) is 0 Å². The second-order valence-corrected chi connectivity index (χ2v) is 5.73. The van der Waals surface area contributed by atoms with Crippen LogP contribution in [0.4, 0.5) is 10.5 Å². The minimum Gasteiger partial charge on any atom is -0.444 e. The summed E-state index contributed by atoms with van der Waals surface area (Å²) in [5, 5.41) is 21.9. The lowest BCUT2D eigenvalue weighted by molar-refractivity contribution is 0.0327. The van der Waals surface area contributed by atoms with E-state index in [0.717, 1.165) is 0 Å². The fourth-order valence-electron chi connectivity index (χ4n) is 1.53. The van der Waals surface area contributed by atoms with Gasteiger partial charge in [0.05, 0.1) is 12.0 Å². The number of benzene rings is 1. The Morgan fingerprint density at radius 1 is 1.40 bits per heavy atom. The average Bonchev–Trinajstić information content (AvgIpc) is 2.34. The molecule has 2 atom stereocenters. The maximum absolute atomic E-state index is 11.6. The van der Waals surface area contributed by atoms with Gasteiger partial charge in [0, 0.05) is 5.69 Å². The zero-order valence-corrected chi connectivity index (χ0v) is 12.5. The first-order valence-electron chi connectivity index (χ1n) is 6.25. The maximum atomic E-state index is 11.6.